The minimum atomic E-state index is 0.0148. The van der Waals surface area contributed by atoms with Crippen LogP contribution in [-0.4, -0.2) is 16.4 Å². The average Bonchev–Trinajstić information content (AvgIpc) is 1.97. The van der Waals surface area contributed by atoms with Gasteiger partial charge in [-0.15, -0.1) is 0 Å². The van der Waals surface area contributed by atoms with Crippen LogP contribution in [0.1, 0.15) is 12.8 Å². The molecule has 0 aliphatic rings. The van der Waals surface area contributed by atoms with Gasteiger partial charge in [-0.1, -0.05) is 0 Å². The summed E-state index contributed by atoms with van der Waals surface area (Å²) < 4.78 is 6.14. The zero-order valence-corrected chi connectivity index (χ0v) is 12.2. The lowest BCUT2D eigenvalue weighted by Crippen LogP contribution is -2.27. The molecule has 0 saturated heterocycles. The highest BCUT2D eigenvalue weighted by Crippen LogP contribution is 2.04. The summed E-state index contributed by atoms with van der Waals surface area (Å²) in [7, 11) is 0. The summed E-state index contributed by atoms with van der Waals surface area (Å²) in [5.74, 6) is 0. The number of carbonyl (C=O) groups is 1. The lowest BCUT2D eigenvalue weighted by molar-refractivity contribution is -0.110. The van der Waals surface area contributed by atoms with Crippen molar-refractivity contribution in [1.82, 2.24) is 7.06 Å². The molecule has 1 atom stereocenters. The van der Waals surface area contributed by atoms with Crippen molar-refractivity contribution in [2.45, 2.75) is 18.9 Å². The van der Waals surface area contributed by atoms with Crippen molar-refractivity contribution in [1.29, 1.82) is 0 Å². The lowest BCUT2D eigenvalue weighted by Gasteiger charge is -2.08. The van der Waals surface area contributed by atoms with Crippen LogP contribution in [0.3, 0.4) is 0 Å². The molecule has 0 radical (unpaired) electrons. The van der Waals surface area contributed by atoms with Gasteiger partial charge in [-0.3, -0.25) is 8.32 Å². The van der Waals surface area contributed by atoms with E-state index < -0.39 is 0 Å². The van der Waals surface area contributed by atoms with Crippen LogP contribution in [0.25, 0.3) is 0 Å². The molecule has 0 aliphatic carbocycles. The maximum Gasteiger partial charge on any atom is 0.209 e. The van der Waals surface area contributed by atoms with Crippen molar-refractivity contribution in [3.8, 4) is 0 Å². The highest BCUT2D eigenvalue weighted by Gasteiger charge is 2.12. The van der Waals surface area contributed by atoms with Crippen LogP contribution in [0.15, 0.2) is 0 Å². The summed E-state index contributed by atoms with van der Waals surface area (Å²) in [5, 5.41) is 0. The van der Waals surface area contributed by atoms with Gasteiger partial charge in [0, 0.05) is 74.9 Å². The molecule has 0 aliphatic heterocycles. The second-order valence-corrected chi connectivity index (χ2v) is 4.44. The van der Waals surface area contributed by atoms with Crippen LogP contribution in [0.4, 0.5) is 0 Å². The van der Waals surface area contributed by atoms with Gasteiger partial charge in [0.1, 0.15) is 0 Å². The Morgan fingerprint density at radius 3 is 2.45 bits per heavy atom. The van der Waals surface area contributed by atoms with Gasteiger partial charge in [0.15, 0.2) is 0 Å². The van der Waals surface area contributed by atoms with Crippen LogP contribution >= 0.6 is 68.3 Å². The average molecular weight is 494 g/mol. The van der Waals surface area contributed by atoms with Gasteiger partial charge < -0.3 is 0 Å². The Balaban J connectivity index is 3.44. The summed E-state index contributed by atoms with van der Waals surface area (Å²) in [5.41, 5.74) is 0. The molecule has 2 N–H and O–H groups in total. The summed E-state index contributed by atoms with van der Waals surface area (Å²) in [6, 6.07) is 0.0148. The summed E-state index contributed by atoms with van der Waals surface area (Å²) in [6.07, 6.45) is 1.93. The largest absolute Gasteiger partial charge is 0.286 e. The molecule has 11 heavy (non-hydrogen) atoms. The maximum absolute atomic E-state index is 10.9. The first kappa shape index (κ1) is 12.8. The molecule has 0 bridgehead atoms. The zero-order chi connectivity index (χ0) is 8.69. The number of hydrogen-bond acceptors (Lipinski definition) is 3. The fourth-order valence-corrected chi connectivity index (χ4v) is 2.62. The van der Waals surface area contributed by atoms with E-state index in [0.29, 0.717) is 0 Å². The second kappa shape index (κ2) is 8.38. The van der Waals surface area contributed by atoms with Crippen molar-refractivity contribution in [3.05, 3.63) is 0 Å². The van der Waals surface area contributed by atoms with Crippen LogP contribution in [-0.2, 0) is 4.79 Å². The van der Waals surface area contributed by atoms with Crippen molar-refractivity contribution >= 4 is 72.1 Å². The molecule has 1 unspecified atom stereocenters. The quantitative estimate of drug-likeness (QED) is 0.257. The third-order valence-electron chi connectivity index (χ3n) is 1.17. The normalized spacial score (nSPS) is 13.0. The third-order valence-corrected chi connectivity index (χ3v) is 3.21. The molecule has 0 amide bonds. The Hall–Kier alpha value is 1.78. The molecule has 0 saturated carbocycles. The molecular formula is C5H9I3N2O. The van der Waals surface area contributed by atoms with Gasteiger partial charge in [-0.2, -0.15) is 0 Å². The van der Waals surface area contributed by atoms with E-state index in [4.69, 9.17) is 0 Å². The fraction of sp³-hybridized carbons (Fsp3) is 0.800. The fourth-order valence-electron chi connectivity index (χ4n) is 0.584. The minimum absolute atomic E-state index is 0.0148. The highest BCUT2D eigenvalue weighted by atomic mass is 127. The van der Waals surface area contributed by atoms with Crippen molar-refractivity contribution in [2.75, 3.05) is 6.54 Å². The van der Waals surface area contributed by atoms with Crippen LogP contribution in [0.5, 0.6) is 0 Å². The first-order valence-electron chi connectivity index (χ1n) is 3.11. The lowest BCUT2D eigenvalue weighted by atomic mass is 10.2. The van der Waals surface area contributed by atoms with Crippen molar-refractivity contribution in [2.24, 2.45) is 0 Å². The molecule has 0 heterocycles. The molecule has 3 nitrogen and oxygen atoms in total. The van der Waals surface area contributed by atoms with Gasteiger partial charge in [0.2, 0.25) is 3.79 Å². The summed E-state index contributed by atoms with van der Waals surface area (Å²) in [6.45, 7) is 0.958. The molecule has 66 valence electrons. The molecule has 0 rings (SSSR count). The van der Waals surface area contributed by atoms with Crippen molar-refractivity contribution in [3.63, 3.8) is 0 Å². The Morgan fingerprint density at radius 1 is 1.45 bits per heavy atom. The standard InChI is InChI=1S/C5H9I3N2O/c6-5(11)4(10-8)2-1-3-9-7/h4,9-10H,1-3H2. The molecule has 6 heteroatoms. The van der Waals surface area contributed by atoms with Crippen molar-refractivity contribution < 1.29 is 4.79 Å². The Kier molecular flexibility index (Phi) is 9.74. The Morgan fingerprint density at radius 2 is 2.09 bits per heavy atom. The Labute approximate surface area is 108 Å². The number of halogens is 3. The predicted molar refractivity (Wildman–Crippen MR) is 71.2 cm³/mol. The van der Waals surface area contributed by atoms with Gasteiger partial charge in [-0.25, -0.2) is 3.53 Å². The third kappa shape index (κ3) is 6.90. The van der Waals surface area contributed by atoms with E-state index >= 15 is 0 Å². The smallest absolute Gasteiger partial charge is 0.209 e. The molecule has 0 fully saturated rings. The van der Waals surface area contributed by atoms with E-state index in [2.05, 4.69) is 29.9 Å². The van der Waals surface area contributed by atoms with E-state index in [0.717, 1.165) is 19.4 Å². The van der Waals surface area contributed by atoms with Crippen LogP contribution < -0.4 is 7.06 Å². The number of nitrogens with one attached hydrogen (secondary N) is 2. The highest BCUT2D eigenvalue weighted by molar-refractivity contribution is 14.1. The van der Waals surface area contributed by atoms with Crippen LogP contribution in [0.2, 0.25) is 0 Å². The molecule has 0 aromatic carbocycles. The molecule has 0 aromatic heterocycles. The Bertz CT molecular complexity index is 122. The van der Waals surface area contributed by atoms with E-state index in [1.54, 1.807) is 0 Å². The monoisotopic (exact) mass is 494 g/mol. The van der Waals surface area contributed by atoms with E-state index in [1.165, 1.54) is 0 Å². The second-order valence-electron chi connectivity index (χ2n) is 1.99. The van der Waals surface area contributed by atoms with Gasteiger partial charge in [-0.05, 0) is 12.8 Å². The van der Waals surface area contributed by atoms with Gasteiger partial charge in [0.25, 0.3) is 0 Å². The predicted octanol–water partition coefficient (Wildman–Crippen LogP) is 1.98. The van der Waals surface area contributed by atoms with Gasteiger partial charge in [0.05, 0.1) is 6.04 Å². The molecule has 0 spiro atoms. The first-order chi connectivity index (χ1) is 5.22. The molecule has 0 aromatic rings. The first-order valence-corrected chi connectivity index (χ1v) is 6.35. The van der Waals surface area contributed by atoms with Gasteiger partial charge >= 0.3 is 0 Å². The zero-order valence-electron chi connectivity index (χ0n) is 5.74. The minimum Gasteiger partial charge on any atom is -0.286 e. The summed E-state index contributed by atoms with van der Waals surface area (Å²) >= 11 is 5.95. The number of rotatable bonds is 6. The maximum atomic E-state index is 10.9. The van der Waals surface area contributed by atoms with Crippen LogP contribution in [0, 0.1) is 0 Å². The van der Waals surface area contributed by atoms with E-state index in [9.17, 15) is 4.79 Å². The SMILES string of the molecule is O=C(I)C(CCCNI)NI. The van der Waals surface area contributed by atoms with E-state index in [-0.39, 0.29) is 9.83 Å². The molecular weight excluding hydrogens is 485 g/mol. The number of hydrogen-bond donors (Lipinski definition) is 2. The topological polar surface area (TPSA) is 41.1 Å². The summed E-state index contributed by atoms with van der Waals surface area (Å²) in [4.78, 5) is 10.9. The van der Waals surface area contributed by atoms with E-state index in [1.807, 2.05) is 45.5 Å². The number of carbonyl (C=O) groups excluding carboxylic acids is 1.